The molecule has 0 unspecified atom stereocenters. The fourth-order valence-electron chi connectivity index (χ4n) is 3.19. The van der Waals surface area contributed by atoms with Crippen molar-refractivity contribution in [2.75, 3.05) is 0 Å². The first-order chi connectivity index (χ1) is 11.3. The van der Waals surface area contributed by atoms with Gasteiger partial charge in [-0.2, -0.15) is 8.78 Å². The maximum Gasteiger partial charge on any atom is 0.387 e. The third-order valence-electron chi connectivity index (χ3n) is 4.31. The number of alkyl halides is 2. The fourth-order valence-corrected chi connectivity index (χ4v) is 3.42. The monoisotopic (exact) mass is 361 g/mol. The Hall–Kier alpha value is -1.93. The van der Waals surface area contributed by atoms with Crippen molar-refractivity contribution in [3.8, 4) is 5.75 Å². The second kappa shape index (κ2) is 6.18. The van der Waals surface area contributed by atoms with E-state index in [9.17, 15) is 28.6 Å². The lowest BCUT2D eigenvalue weighted by atomic mass is 10.1. The van der Waals surface area contributed by atoms with E-state index in [1.54, 1.807) is 0 Å². The van der Waals surface area contributed by atoms with Crippen molar-refractivity contribution in [2.45, 2.75) is 37.6 Å². The number of fused-ring (bicyclic) bond motifs is 1. The van der Waals surface area contributed by atoms with Crippen LogP contribution >= 0.6 is 11.6 Å². The van der Waals surface area contributed by atoms with Crippen LogP contribution < -0.4 is 4.74 Å². The van der Waals surface area contributed by atoms with Crippen LogP contribution in [0.5, 0.6) is 5.75 Å². The average Bonchev–Trinajstić information content (AvgIpc) is 3.14. The highest BCUT2D eigenvalue weighted by atomic mass is 35.5. The highest BCUT2D eigenvalue weighted by molar-refractivity contribution is 6.30. The van der Waals surface area contributed by atoms with E-state index in [0.29, 0.717) is 12.8 Å². The smallest absolute Gasteiger partial charge is 0.387 e. The van der Waals surface area contributed by atoms with Crippen molar-refractivity contribution in [1.29, 1.82) is 0 Å². The number of aliphatic carboxylic acids is 1. The van der Waals surface area contributed by atoms with E-state index in [1.807, 2.05) is 0 Å². The zero-order valence-electron chi connectivity index (χ0n) is 12.2. The van der Waals surface area contributed by atoms with Gasteiger partial charge in [0.1, 0.15) is 11.8 Å². The largest absolute Gasteiger partial charge is 0.480 e. The molecule has 2 fully saturated rings. The van der Waals surface area contributed by atoms with E-state index in [0.717, 1.165) is 12.1 Å². The summed E-state index contributed by atoms with van der Waals surface area (Å²) in [6, 6.07) is 2.28. The number of ether oxygens (including phenoxy) is 1. The van der Waals surface area contributed by atoms with E-state index >= 15 is 0 Å². The Labute approximate surface area is 140 Å². The van der Waals surface area contributed by atoms with Crippen molar-refractivity contribution >= 4 is 23.5 Å². The van der Waals surface area contributed by atoms with Crippen LogP contribution in [-0.4, -0.2) is 45.7 Å². The molecule has 1 aromatic carbocycles. The van der Waals surface area contributed by atoms with Gasteiger partial charge in [0, 0.05) is 11.1 Å². The van der Waals surface area contributed by atoms with Gasteiger partial charge in [-0.05, 0) is 42.5 Å². The Bertz CT molecular complexity index is 686. The number of aliphatic hydroxyl groups is 1. The molecule has 6 nitrogen and oxygen atoms in total. The quantitative estimate of drug-likeness (QED) is 0.838. The topological polar surface area (TPSA) is 87.1 Å². The molecule has 24 heavy (non-hydrogen) atoms. The van der Waals surface area contributed by atoms with Gasteiger partial charge in [0.25, 0.3) is 5.91 Å². The van der Waals surface area contributed by atoms with Crippen LogP contribution in [-0.2, 0) is 9.59 Å². The van der Waals surface area contributed by atoms with Crippen molar-refractivity contribution in [3.05, 3.63) is 28.8 Å². The molecule has 1 heterocycles. The Morgan fingerprint density at radius 2 is 2.00 bits per heavy atom. The standard InChI is InChI=1S/C15H14ClF2NO5/c16-8-1-7(2-9(5-8)24-15(17)18)12(20)13(21)19-10-3-6(10)4-11(19)14(22)23/h1-2,5-6,10-12,15,20H,3-4H2,(H,22,23)/t6-,10-,11-,12+/m0/s1. The highest BCUT2D eigenvalue weighted by Crippen LogP contribution is 2.48. The number of aliphatic hydroxyl groups excluding tert-OH is 1. The second-order valence-electron chi connectivity index (χ2n) is 5.90. The van der Waals surface area contributed by atoms with Gasteiger partial charge in [-0.3, -0.25) is 4.79 Å². The number of carbonyl (C=O) groups excluding carboxylic acids is 1. The molecule has 130 valence electrons. The summed E-state index contributed by atoms with van der Waals surface area (Å²) in [5.74, 6) is -2.06. The molecule has 0 spiro atoms. The molecule has 3 rings (SSSR count). The first-order valence-corrected chi connectivity index (χ1v) is 7.64. The number of amides is 1. The summed E-state index contributed by atoms with van der Waals surface area (Å²) in [5.41, 5.74) is -0.0311. The maximum atomic E-state index is 12.5. The van der Waals surface area contributed by atoms with Crippen LogP contribution in [0.4, 0.5) is 8.78 Å². The van der Waals surface area contributed by atoms with Crippen LogP contribution in [0.1, 0.15) is 24.5 Å². The average molecular weight is 362 g/mol. The lowest BCUT2D eigenvalue weighted by Gasteiger charge is -2.27. The summed E-state index contributed by atoms with van der Waals surface area (Å²) in [5, 5.41) is 19.5. The van der Waals surface area contributed by atoms with Crippen molar-refractivity contribution in [3.63, 3.8) is 0 Å². The van der Waals surface area contributed by atoms with Crippen molar-refractivity contribution < 1.29 is 33.3 Å². The number of benzene rings is 1. The van der Waals surface area contributed by atoms with Crippen LogP contribution in [0.3, 0.4) is 0 Å². The van der Waals surface area contributed by atoms with Gasteiger partial charge in [-0.15, -0.1) is 0 Å². The van der Waals surface area contributed by atoms with Crippen LogP contribution in [0.25, 0.3) is 0 Å². The minimum atomic E-state index is -3.08. The van der Waals surface area contributed by atoms with Crippen molar-refractivity contribution in [1.82, 2.24) is 4.90 Å². The number of halogens is 3. The molecule has 0 bridgehead atoms. The molecule has 1 saturated heterocycles. The van der Waals surface area contributed by atoms with Crippen LogP contribution in [0, 0.1) is 5.92 Å². The molecule has 0 aromatic heterocycles. The van der Waals surface area contributed by atoms with Gasteiger partial charge in [0.15, 0.2) is 6.10 Å². The number of carbonyl (C=O) groups is 2. The summed E-state index contributed by atoms with van der Waals surface area (Å²) < 4.78 is 28.9. The molecule has 0 radical (unpaired) electrons. The van der Waals surface area contributed by atoms with Gasteiger partial charge in [-0.25, -0.2) is 4.79 Å². The van der Waals surface area contributed by atoms with Crippen LogP contribution in [0.2, 0.25) is 5.02 Å². The zero-order chi connectivity index (χ0) is 17.6. The Morgan fingerprint density at radius 1 is 1.29 bits per heavy atom. The fraction of sp³-hybridized carbons (Fsp3) is 0.467. The first-order valence-electron chi connectivity index (χ1n) is 7.26. The molecule has 2 aliphatic rings. The number of nitrogens with zero attached hydrogens (tertiary/aromatic N) is 1. The van der Waals surface area contributed by atoms with Crippen molar-refractivity contribution in [2.24, 2.45) is 5.92 Å². The Kier molecular flexibility index (Phi) is 4.35. The predicted octanol–water partition coefficient (Wildman–Crippen LogP) is 2.05. The Balaban J connectivity index is 1.83. The third-order valence-corrected chi connectivity index (χ3v) is 4.53. The summed E-state index contributed by atoms with van der Waals surface area (Å²) in [7, 11) is 0. The summed E-state index contributed by atoms with van der Waals surface area (Å²) in [6.45, 7) is -3.08. The van der Waals surface area contributed by atoms with E-state index < -0.39 is 30.6 Å². The van der Waals surface area contributed by atoms with E-state index in [-0.39, 0.29) is 28.3 Å². The number of carboxylic acids is 1. The maximum absolute atomic E-state index is 12.5. The Morgan fingerprint density at radius 3 is 2.62 bits per heavy atom. The third kappa shape index (κ3) is 3.16. The number of hydrogen-bond donors (Lipinski definition) is 2. The molecule has 1 aliphatic carbocycles. The molecule has 9 heteroatoms. The van der Waals surface area contributed by atoms with E-state index in [1.165, 1.54) is 11.0 Å². The van der Waals surface area contributed by atoms with E-state index in [2.05, 4.69) is 4.74 Å². The van der Waals surface area contributed by atoms with Gasteiger partial charge in [0.05, 0.1) is 0 Å². The lowest BCUT2D eigenvalue weighted by Crippen LogP contribution is -2.45. The van der Waals surface area contributed by atoms with Gasteiger partial charge in [0.2, 0.25) is 0 Å². The zero-order valence-corrected chi connectivity index (χ0v) is 13.0. The van der Waals surface area contributed by atoms with E-state index in [4.69, 9.17) is 11.6 Å². The first kappa shape index (κ1) is 16.9. The predicted molar refractivity (Wildman–Crippen MR) is 77.8 cm³/mol. The number of rotatable bonds is 5. The second-order valence-corrected chi connectivity index (χ2v) is 6.34. The minimum absolute atomic E-state index is 0.00973. The molecular weight excluding hydrogens is 348 g/mol. The number of carboxylic acid groups (broad SMARTS) is 1. The number of likely N-dealkylation sites (tertiary alicyclic amines) is 1. The van der Waals surface area contributed by atoms with Crippen LogP contribution in [0.15, 0.2) is 18.2 Å². The normalized spacial score (nSPS) is 26.2. The molecule has 4 atom stereocenters. The number of hydrogen-bond acceptors (Lipinski definition) is 4. The number of piperidine rings is 1. The molecule has 1 saturated carbocycles. The highest BCUT2D eigenvalue weighted by Gasteiger charge is 2.57. The summed E-state index contributed by atoms with van der Waals surface area (Å²) in [6.07, 6.45) is -0.643. The lowest BCUT2D eigenvalue weighted by molar-refractivity contribution is -0.153. The minimum Gasteiger partial charge on any atom is -0.480 e. The van der Waals surface area contributed by atoms with Gasteiger partial charge >= 0.3 is 12.6 Å². The molecule has 1 amide bonds. The summed E-state index contributed by atoms with van der Waals surface area (Å²) >= 11 is 5.80. The molecule has 2 N–H and O–H groups in total. The summed E-state index contributed by atoms with van der Waals surface area (Å²) in [4.78, 5) is 25.0. The SMILES string of the molecule is O=C(O)[C@@H]1C[C@@H]2C[C@@H]2N1C(=O)[C@H](O)c1cc(Cl)cc(OC(F)F)c1. The van der Waals surface area contributed by atoms with Gasteiger partial charge in [-0.1, -0.05) is 11.6 Å². The molecule has 1 aromatic rings. The molecular formula is C15H14ClF2NO5. The molecule has 1 aliphatic heterocycles. The van der Waals surface area contributed by atoms with Gasteiger partial charge < -0.3 is 19.8 Å².